The number of rotatable bonds is 12. The molecule has 0 aliphatic heterocycles. The summed E-state index contributed by atoms with van der Waals surface area (Å²) >= 11 is 13.6. The fourth-order valence-corrected chi connectivity index (χ4v) is 5.28. The van der Waals surface area contributed by atoms with Gasteiger partial charge in [-0.25, -0.2) is 4.98 Å². The van der Waals surface area contributed by atoms with Crippen LogP contribution >= 0.6 is 34.5 Å². The number of aromatic nitrogens is 1. The fraction of sp³-hybridized carbons (Fsp3) is 0.370. The number of nitrogens with zero attached hydrogens (tertiary/aromatic N) is 4. The number of methoxy groups -OCH3 is 2. The van der Waals surface area contributed by atoms with Crippen LogP contribution in [0.1, 0.15) is 40.8 Å². The van der Waals surface area contributed by atoms with Crippen molar-refractivity contribution in [1.82, 2.24) is 14.8 Å². The van der Waals surface area contributed by atoms with Crippen LogP contribution < -0.4 is 14.4 Å². The van der Waals surface area contributed by atoms with Crippen LogP contribution in [0.3, 0.4) is 0 Å². The van der Waals surface area contributed by atoms with Crippen molar-refractivity contribution >= 4 is 57.2 Å². The Balaban J connectivity index is 2.01. The van der Waals surface area contributed by atoms with Crippen molar-refractivity contribution in [3.8, 4) is 11.5 Å². The number of likely N-dealkylation sites (N-methyl/N-ethyl adjacent to an activating group) is 2. The van der Waals surface area contributed by atoms with Crippen LogP contribution in [0.5, 0.6) is 11.5 Å². The molecule has 0 saturated carbocycles. The van der Waals surface area contributed by atoms with Crippen molar-refractivity contribution in [2.75, 3.05) is 51.8 Å². The summed E-state index contributed by atoms with van der Waals surface area (Å²) in [5, 5.41) is 0.932. The Morgan fingerprint density at radius 2 is 1.61 bits per heavy atom. The van der Waals surface area contributed by atoms with Crippen LogP contribution in [0.4, 0.5) is 10.8 Å². The van der Waals surface area contributed by atoms with Gasteiger partial charge in [-0.15, -0.1) is 0 Å². The van der Waals surface area contributed by atoms with E-state index in [1.165, 1.54) is 31.4 Å². The summed E-state index contributed by atoms with van der Waals surface area (Å²) in [6.45, 7) is 9.93. The molecule has 0 bridgehead atoms. The lowest BCUT2D eigenvalue weighted by molar-refractivity contribution is 0.0751. The topological polar surface area (TPSA) is 75.2 Å². The Labute approximate surface area is 237 Å². The summed E-state index contributed by atoms with van der Waals surface area (Å²) in [7, 11) is 3.05. The maximum Gasteiger partial charge on any atom is 0.266 e. The molecule has 0 fully saturated rings. The Kier molecular flexibility index (Phi) is 10.8. The third-order valence-electron chi connectivity index (χ3n) is 6.14. The second-order valence-electron chi connectivity index (χ2n) is 8.22. The molecule has 0 aliphatic carbocycles. The average Bonchev–Trinajstić information content (AvgIpc) is 3.40. The average molecular weight is 580 g/mol. The Morgan fingerprint density at radius 1 is 0.895 bits per heavy atom. The standard InChI is InChI=1S/C27H32Cl2N4O4S/c1-6-31(7-2)13-14-32(8-3)26(35)24-17-30-27(38-24)33(19-10-12-22(36-4)23(16-19)37-5)25(34)20-11-9-18(28)15-21(20)29/h9-12,15-17H,6-8,13-14H2,1-5H3. The molecule has 1 aromatic heterocycles. The minimum atomic E-state index is -0.430. The van der Waals surface area contributed by atoms with Crippen LogP contribution in [0.2, 0.25) is 10.0 Å². The van der Waals surface area contributed by atoms with Crippen molar-refractivity contribution in [2.45, 2.75) is 20.8 Å². The zero-order valence-corrected chi connectivity index (χ0v) is 24.5. The van der Waals surface area contributed by atoms with Gasteiger partial charge in [-0.05, 0) is 50.3 Å². The molecule has 2 aromatic carbocycles. The number of anilines is 2. The minimum Gasteiger partial charge on any atom is -0.493 e. The first-order chi connectivity index (χ1) is 18.3. The molecule has 0 unspecified atom stereocenters. The highest BCUT2D eigenvalue weighted by Gasteiger charge is 2.27. The second-order valence-corrected chi connectivity index (χ2v) is 10.1. The number of ether oxygens (including phenoxy) is 2. The Hall–Kier alpha value is -2.85. The lowest BCUT2D eigenvalue weighted by atomic mass is 10.1. The van der Waals surface area contributed by atoms with E-state index in [2.05, 4.69) is 23.7 Å². The maximum atomic E-state index is 13.8. The van der Waals surface area contributed by atoms with E-state index in [9.17, 15) is 9.59 Å². The lowest BCUT2D eigenvalue weighted by Crippen LogP contribution is -2.38. The predicted molar refractivity (Wildman–Crippen MR) is 154 cm³/mol. The first kappa shape index (κ1) is 29.7. The van der Waals surface area contributed by atoms with Gasteiger partial charge in [-0.2, -0.15) is 0 Å². The zero-order valence-electron chi connectivity index (χ0n) is 22.2. The molecule has 0 atom stereocenters. The first-order valence-corrected chi connectivity index (χ1v) is 13.8. The van der Waals surface area contributed by atoms with Gasteiger partial charge < -0.3 is 19.3 Å². The highest BCUT2D eigenvalue weighted by atomic mass is 35.5. The van der Waals surface area contributed by atoms with Gasteiger partial charge in [0.05, 0.1) is 36.7 Å². The van der Waals surface area contributed by atoms with Crippen LogP contribution in [-0.4, -0.2) is 73.5 Å². The molecule has 1 heterocycles. The molecule has 0 radical (unpaired) electrons. The third-order valence-corrected chi connectivity index (χ3v) is 7.65. The number of amides is 2. The molecule has 3 rings (SSSR count). The van der Waals surface area contributed by atoms with Crippen molar-refractivity contribution < 1.29 is 19.1 Å². The second kappa shape index (κ2) is 13.8. The SMILES string of the molecule is CCN(CC)CCN(CC)C(=O)c1cnc(N(C(=O)c2ccc(Cl)cc2Cl)c2ccc(OC)c(OC)c2)s1. The van der Waals surface area contributed by atoms with Crippen LogP contribution in [0.15, 0.2) is 42.6 Å². The molecule has 0 N–H and O–H groups in total. The van der Waals surface area contributed by atoms with Crippen LogP contribution in [0, 0.1) is 0 Å². The molecular weight excluding hydrogens is 547 g/mol. The van der Waals surface area contributed by atoms with Gasteiger partial charge >= 0.3 is 0 Å². The van der Waals surface area contributed by atoms with E-state index in [0.29, 0.717) is 45.3 Å². The summed E-state index contributed by atoms with van der Waals surface area (Å²) < 4.78 is 10.8. The van der Waals surface area contributed by atoms with E-state index < -0.39 is 5.91 Å². The number of carbonyl (C=O) groups excluding carboxylic acids is 2. The monoisotopic (exact) mass is 578 g/mol. The van der Waals surface area contributed by atoms with Gasteiger partial charge in [0.25, 0.3) is 11.8 Å². The van der Waals surface area contributed by atoms with E-state index in [0.717, 1.165) is 31.0 Å². The van der Waals surface area contributed by atoms with Gasteiger partial charge in [0.2, 0.25) is 0 Å². The van der Waals surface area contributed by atoms with Crippen molar-refractivity contribution in [3.63, 3.8) is 0 Å². The summed E-state index contributed by atoms with van der Waals surface area (Å²) in [6.07, 6.45) is 1.51. The van der Waals surface area contributed by atoms with E-state index in [-0.39, 0.29) is 16.5 Å². The molecule has 2 amide bonds. The summed E-state index contributed by atoms with van der Waals surface area (Å²) in [4.78, 5) is 37.6. The van der Waals surface area contributed by atoms with Crippen molar-refractivity contribution in [1.29, 1.82) is 0 Å². The van der Waals surface area contributed by atoms with Gasteiger partial charge in [-0.3, -0.25) is 14.5 Å². The summed E-state index contributed by atoms with van der Waals surface area (Å²) in [6, 6.07) is 9.75. The normalized spacial score (nSPS) is 10.9. The highest BCUT2D eigenvalue weighted by Crippen LogP contribution is 2.38. The Morgan fingerprint density at radius 3 is 2.21 bits per heavy atom. The maximum absolute atomic E-state index is 13.8. The van der Waals surface area contributed by atoms with E-state index in [4.69, 9.17) is 32.7 Å². The van der Waals surface area contributed by atoms with E-state index in [1.807, 2.05) is 6.92 Å². The quantitative estimate of drug-likeness (QED) is 0.253. The molecule has 11 heteroatoms. The number of halogens is 2. The van der Waals surface area contributed by atoms with Gasteiger partial charge in [-0.1, -0.05) is 48.4 Å². The molecule has 8 nitrogen and oxygen atoms in total. The number of thiazole rings is 1. The highest BCUT2D eigenvalue weighted by molar-refractivity contribution is 7.17. The van der Waals surface area contributed by atoms with Gasteiger partial charge in [0.1, 0.15) is 4.88 Å². The number of hydrogen-bond donors (Lipinski definition) is 0. The molecule has 0 aliphatic rings. The van der Waals surface area contributed by atoms with Crippen LogP contribution in [0.25, 0.3) is 0 Å². The van der Waals surface area contributed by atoms with E-state index >= 15 is 0 Å². The smallest absolute Gasteiger partial charge is 0.266 e. The predicted octanol–water partition coefficient (Wildman–Crippen LogP) is 6.25. The van der Waals surface area contributed by atoms with Gasteiger partial charge in [0, 0.05) is 30.7 Å². The number of carbonyl (C=O) groups is 2. The number of benzene rings is 2. The molecule has 0 saturated heterocycles. The minimum absolute atomic E-state index is 0.132. The largest absolute Gasteiger partial charge is 0.493 e. The molecule has 204 valence electrons. The summed E-state index contributed by atoms with van der Waals surface area (Å²) in [5.74, 6) is 0.384. The zero-order chi connectivity index (χ0) is 27.8. The number of hydrogen-bond acceptors (Lipinski definition) is 7. The van der Waals surface area contributed by atoms with E-state index in [1.54, 1.807) is 35.2 Å². The fourth-order valence-electron chi connectivity index (χ4n) is 3.89. The Bertz CT molecular complexity index is 1270. The van der Waals surface area contributed by atoms with Crippen LogP contribution in [-0.2, 0) is 0 Å². The lowest BCUT2D eigenvalue weighted by Gasteiger charge is -2.25. The molecule has 38 heavy (non-hydrogen) atoms. The van der Waals surface area contributed by atoms with Crippen molar-refractivity contribution in [2.24, 2.45) is 0 Å². The molecular formula is C27H32Cl2N4O4S. The first-order valence-electron chi connectivity index (χ1n) is 12.3. The van der Waals surface area contributed by atoms with Gasteiger partial charge in [0.15, 0.2) is 16.6 Å². The van der Waals surface area contributed by atoms with Crippen molar-refractivity contribution in [3.05, 3.63) is 63.1 Å². The summed E-state index contributed by atoms with van der Waals surface area (Å²) in [5.41, 5.74) is 0.712. The molecule has 0 spiro atoms. The molecule has 3 aromatic rings. The third kappa shape index (κ3) is 6.77.